The highest BCUT2D eigenvalue weighted by atomic mass is 79.9. The second-order valence-corrected chi connectivity index (χ2v) is 5.07. The molecule has 0 aliphatic heterocycles. The van der Waals surface area contributed by atoms with Gasteiger partial charge < -0.3 is 5.32 Å². The molecule has 0 aliphatic rings. The van der Waals surface area contributed by atoms with Gasteiger partial charge in [0.1, 0.15) is 0 Å². The lowest BCUT2D eigenvalue weighted by atomic mass is 10.1. The normalized spacial score (nSPS) is 10.6. The number of carbonyl (C=O) groups is 1. The molecule has 0 saturated carbocycles. The number of anilines is 1. The second-order valence-electron chi connectivity index (χ2n) is 4.22. The SMILES string of the molecule is Cc1cccc(/C=C\C(=O)Nc2ccccc2Br)c1. The highest BCUT2D eigenvalue weighted by Gasteiger charge is 2.01. The molecule has 2 nitrogen and oxygen atoms in total. The molecule has 0 bridgehead atoms. The van der Waals surface area contributed by atoms with Crippen LogP contribution in [-0.4, -0.2) is 5.91 Å². The van der Waals surface area contributed by atoms with Crippen LogP contribution in [0.3, 0.4) is 0 Å². The molecular weight excluding hydrogens is 302 g/mol. The Morgan fingerprint density at radius 2 is 1.95 bits per heavy atom. The molecule has 0 heterocycles. The summed E-state index contributed by atoms with van der Waals surface area (Å²) in [7, 11) is 0. The van der Waals surface area contributed by atoms with E-state index in [2.05, 4.69) is 21.2 Å². The van der Waals surface area contributed by atoms with E-state index in [-0.39, 0.29) is 5.91 Å². The maximum absolute atomic E-state index is 11.8. The van der Waals surface area contributed by atoms with Crippen molar-refractivity contribution in [1.82, 2.24) is 0 Å². The van der Waals surface area contributed by atoms with E-state index in [9.17, 15) is 4.79 Å². The fourth-order valence-electron chi connectivity index (χ4n) is 1.68. The lowest BCUT2D eigenvalue weighted by Gasteiger charge is -2.04. The third-order valence-electron chi connectivity index (χ3n) is 2.60. The van der Waals surface area contributed by atoms with Crippen LogP contribution in [0.4, 0.5) is 5.69 Å². The lowest BCUT2D eigenvalue weighted by molar-refractivity contribution is -0.111. The Bertz CT molecular complexity index is 620. The zero-order valence-corrected chi connectivity index (χ0v) is 12.1. The van der Waals surface area contributed by atoms with E-state index in [0.717, 1.165) is 15.7 Å². The summed E-state index contributed by atoms with van der Waals surface area (Å²) in [5, 5.41) is 2.82. The molecule has 0 saturated heterocycles. The molecule has 0 fully saturated rings. The number of hydrogen-bond donors (Lipinski definition) is 1. The van der Waals surface area contributed by atoms with E-state index >= 15 is 0 Å². The molecule has 0 spiro atoms. The van der Waals surface area contributed by atoms with E-state index in [4.69, 9.17) is 0 Å². The summed E-state index contributed by atoms with van der Waals surface area (Å²) < 4.78 is 0.868. The molecule has 96 valence electrons. The third-order valence-corrected chi connectivity index (χ3v) is 3.29. The van der Waals surface area contributed by atoms with Crippen molar-refractivity contribution in [2.75, 3.05) is 5.32 Å². The summed E-state index contributed by atoms with van der Waals surface area (Å²) in [5.41, 5.74) is 2.96. The van der Waals surface area contributed by atoms with E-state index in [0.29, 0.717) is 0 Å². The number of amides is 1. The van der Waals surface area contributed by atoms with Crippen LogP contribution in [0.1, 0.15) is 11.1 Å². The molecule has 0 radical (unpaired) electrons. The van der Waals surface area contributed by atoms with Crippen molar-refractivity contribution in [3.05, 3.63) is 70.2 Å². The zero-order valence-electron chi connectivity index (χ0n) is 10.6. The van der Waals surface area contributed by atoms with E-state index in [1.165, 1.54) is 11.6 Å². The van der Waals surface area contributed by atoms with Gasteiger partial charge in [0.25, 0.3) is 0 Å². The minimum Gasteiger partial charge on any atom is -0.321 e. The minimum absolute atomic E-state index is 0.145. The topological polar surface area (TPSA) is 29.1 Å². The fraction of sp³-hybridized carbons (Fsp3) is 0.0625. The highest BCUT2D eigenvalue weighted by molar-refractivity contribution is 9.10. The molecule has 0 aliphatic carbocycles. The number of aryl methyl sites for hydroxylation is 1. The predicted molar refractivity (Wildman–Crippen MR) is 83.0 cm³/mol. The van der Waals surface area contributed by atoms with Crippen LogP contribution in [0.15, 0.2) is 59.1 Å². The first-order valence-corrected chi connectivity index (χ1v) is 6.75. The Morgan fingerprint density at radius 1 is 1.16 bits per heavy atom. The van der Waals surface area contributed by atoms with Crippen molar-refractivity contribution in [3.63, 3.8) is 0 Å². The minimum atomic E-state index is -0.145. The molecular formula is C16H14BrNO. The molecule has 0 atom stereocenters. The summed E-state index contributed by atoms with van der Waals surface area (Å²) in [6.45, 7) is 2.03. The molecule has 1 amide bonds. The molecule has 3 heteroatoms. The molecule has 1 N–H and O–H groups in total. The largest absolute Gasteiger partial charge is 0.321 e. The van der Waals surface area contributed by atoms with Gasteiger partial charge in [0, 0.05) is 10.5 Å². The van der Waals surface area contributed by atoms with Gasteiger partial charge in [-0.1, -0.05) is 42.0 Å². The predicted octanol–water partition coefficient (Wildman–Crippen LogP) is 4.41. The number of hydrogen-bond acceptors (Lipinski definition) is 1. The highest BCUT2D eigenvalue weighted by Crippen LogP contribution is 2.21. The number of para-hydroxylation sites is 1. The average Bonchev–Trinajstić information content (AvgIpc) is 2.39. The number of nitrogens with one attached hydrogen (secondary N) is 1. The molecule has 2 aromatic rings. The van der Waals surface area contributed by atoms with Gasteiger partial charge in [0.15, 0.2) is 0 Å². The monoisotopic (exact) mass is 315 g/mol. The van der Waals surface area contributed by atoms with Gasteiger partial charge in [-0.3, -0.25) is 4.79 Å². The van der Waals surface area contributed by atoms with Crippen molar-refractivity contribution in [1.29, 1.82) is 0 Å². The number of benzene rings is 2. The summed E-state index contributed by atoms with van der Waals surface area (Å²) in [6.07, 6.45) is 3.34. The Hall–Kier alpha value is -1.87. The van der Waals surface area contributed by atoms with Gasteiger partial charge in [0.05, 0.1) is 5.69 Å². The van der Waals surface area contributed by atoms with Crippen LogP contribution in [0, 0.1) is 6.92 Å². The second kappa shape index (κ2) is 6.34. The molecule has 2 aromatic carbocycles. The van der Waals surface area contributed by atoms with Crippen molar-refractivity contribution in [2.24, 2.45) is 0 Å². The first kappa shape index (κ1) is 13.6. The van der Waals surface area contributed by atoms with Gasteiger partial charge in [-0.05, 0) is 46.6 Å². The zero-order chi connectivity index (χ0) is 13.7. The summed E-state index contributed by atoms with van der Waals surface area (Å²) >= 11 is 3.39. The van der Waals surface area contributed by atoms with Crippen LogP contribution < -0.4 is 5.32 Å². The number of halogens is 1. The van der Waals surface area contributed by atoms with E-state index < -0.39 is 0 Å². The van der Waals surface area contributed by atoms with E-state index in [1.54, 1.807) is 6.08 Å². The van der Waals surface area contributed by atoms with Crippen molar-refractivity contribution >= 4 is 33.6 Å². The summed E-state index contributed by atoms with van der Waals surface area (Å²) in [4.78, 5) is 11.8. The van der Waals surface area contributed by atoms with E-state index in [1.807, 2.05) is 55.5 Å². The van der Waals surface area contributed by atoms with Crippen molar-refractivity contribution < 1.29 is 4.79 Å². The lowest BCUT2D eigenvalue weighted by Crippen LogP contribution is -2.07. The first-order valence-electron chi connectivity index (χ1n) is 5.95. The van der Waals surface area contributed by atoms with Gasteiger partial charge in [0.2, 0.25) is 5.91 Å². The number of carbonyl (C=O) groups excluding carboxylic acids is 1. The first-order chi connectivity index (χ1) is 9.15. The Morgan fingerprint density at radius 3 is 2.68 bits per heavy atom. The van der Waals surface area contributed by atoms with Crippen LogP contribution in [0.2, 0.25) is 0 Å². The van der Waals surface area contributed by atoms with Crippen LogP contribution >= 0.6 is 15.9 Å². The van der Waals surface area contributed by atoms with Gasteiger partial charge >= 0.3 is 0 Å². The maximum Gasteiger partial charge on any atom is 0.248 e. The standard InChI is InChI=1S/C16H14BrNO/c1-12-5-4-6-13(11-12)9-10-16(19)18-15-8-3-2-7-14(15)17/h2-11H,1H3,(H,18,19)/b10-9-. The summed E-state index contributed by atoms with van der Waals surface area (Å²) in [6, 6.07) is 15.5. The third kappa shape index (κ3) is 4.07. The fourth-order valence-corrected chi connectivity index (χ4v) is 2.07. The summed E-state index contributed by atoms with van der Waals surface area (Å²) in [5.74, 6) is -0.145. The molecule has 19 heavy (non-hydrogen) atoms. The average molecular weight is 316 g/mol. The van der Waals surface area contributed by atoms with Gasteiger partial charge in [-0.2, -0.15) is 0 Å². The van der Waals surface area contributed by atoms with Crippen LogP contribution in [0.5, 0.6) is 0 Å². The Balaban J connectivity index is 2.04. The van der Waals surface area contributed by atoms with Gasteiger partial charge in [-0.25, -0.2) is 0 Å². The molecule has 2 rings (SSSR count). The van der Waals surface area contributed by atoms with Crippen LogP contribution in [-0.2, 0) is 4.79 Å². The molecule has 0 aromatic heterocycles. The molecule has 0 unspecified atom stereocenters. The van der Waals surface area contributed by atoms with Gasteiger partial charge in [-0.15, -0.1) is 0 Å². The quantitative estimate of drug-likeness (QED) is 0.835. The Labute approximate surface area is 121 Å². The smallest absolute Gasteiger partial charge is 0.248 e. The Kier molecular flexibility index (Phi) is 4.53. The van der Waals surface area contributed by atoms with Crippen molar-refractivity contribution in [2.45, 2.75) is 6.92 Å². The van der Waals surface area contributed by atoms with Crippen molar-refractivity contribution in [3.8, 4) is 0 Å². The van der Waals surface area contributed by atoms with Crippen LogP contribution in [0.25, 0.3) is 6.08 Å². The number of rotatable bonds is 3. The maximum atomic E-state index is 11.8.